The van der Waals surface area contributed by atoms with Gasteiger partial charge in [-0.05, 0) is 45.0 Å². The Labute approximate surface area is 140 Å². The van der Waals surface area contributed by atoms with Crippen LogP contribution >= 0.6 is 0 Å². The fourth-order valence-corrected chi connectivity index (χ4v) is 2.73. The fraction of sp³-hybridized carbons (Fsp3) is 0.368. The van der Waals surface area contributed by atoms with Crippen molar-refractivity contribution in [3.05, 3.63) is 60.2 Å². The summed E-state index contributed by atoms with van der Waals surface area (Å²) in [4.78, 5) is 0. The van der Waals surface area contributed by atoms with Crippen LogP contribution in [0.1, 0.15) is 26.3 Å². The lowest BCUT2D eigenvalue weighted by atomic mass is 10.1. The van der Waals surface area contributed by atoms with Gasteiger partial charge in [0, 0.05) is 5.56 Å². The van der Waals surface area contributed by atoms with Gasteiger partial charge in [0.1, 0.15) is 18.0 Å². The summed E-state index contributed by atoms with van der Waals surface area (Å²) in [5, 5.41) is 0. The van der Waals surface area contributed by atoms with E-state index in [1.165, 1.54) is 5.56 Å². The van der Waals surface area contributed by atoms with Crippen molar-refractivity contribution in [1.82, 2.24) is 0 Å². The van der Waals surface area contributed by atoms with Crippen molar-refractivity contribution in [2.75, 3.05) is 19.6 Å². The molecule has 2 rings (SSSR count). The van der Waals surface area contributed by atoms with Gasteiger partial charge in [-0.1, -0.05) is 30.3 Å². The molecule has 2 nitrogen and oxygen atoms in total. The lowest BCUT2D eigenvalue weighted by molar-refractivity contribution is -0.936. The van der Waals surface area contributed by atoms with Gasteiger partial charge < -0.3 is 21.6 Å². The number of ether oxygens (including phenoxy) is 1. The van der Waals surface area contributed by atoms with Crippen molar-refractivity contribution in [2.24, 2.45) is 0 Å². The lowest BCUT2D eigenvalue weighted by Gasteiger charge is -2.35. The summed E-state index contributed by atoms with van der Waals surface area (Å²) in [7, 11) is 0. The van der Waals surface area contributed by atoms with Gasteiger partial charge in [0.2, 0.25) is 0 Å². The molecule has 0 unspecified atom stereocenters. The van der Waals surface area contributed by atoms with Crippen LogP contribution < -0.4 is 17.1 Å². The second-order valence-electron chi connectivity index (χ2n) is 5.51. The summed E-state index contributed by atoms with van der Waals surface area (Å²) in [5.41, 5.74) is 1.34. The molecule has 0 aliphatic rings. The van der Waals surface area contributed by atoms with Crippen LogP contribution in [0.2, 0.25) is 0 Å². The number of hydrogen-bond donors (Lipinski definition) is 0. The highest BCUT2D eigenvalue weighted by Gasteiger charge is 2.21. The van der Waals surface area contributed by atoms with Crippen LogP contribution in [0.3, 0.4) is 0 Å². The third-order valence-corrected chi connectivity index (χ3v) is 4.41. The predicted octanol–water partition coefficient (Wildman–Crippen LogP) is 1.86. The van der Waals surface area contributed by atoms with Crippen LogP contribution in [0.25, 0.3) is 0 Å². The van der Waals surface area contributed by atoms with Crippen molar-refractivity contribution < 1.29 is 21.6 Å². The molecule has 0 saturated carbocycles. The molecule has 0 atom stereocenters. The smallest absolute Gasteiger partial charge is 0.127 e. The van der Waals surface area contributed by atoms with Crippen LogP contribution in [0.4, 0.5) is 0 Å². The molecule has 0 bridgehead atoms. The Morgan fingerprint density at radius 1 is 0.773 bits per heavy atom. The molecule has 0 saturated heterocycles. The van der Waals surface area contributed by atoms with Crippen molar-refractivity contribution in [2.45, 2.75) is 27.3 Å². The monoisotopic (exact) mass is 319 g/mol. The molecule has 0 aromatic heterocycles. The standard InChI is InChI=1S/C19H26NO.ClH/c1-4-20(5-2,6-3)16-17-11-10-14-19(15-17)21-18-12-8-7-9-13-18;/h7-15H,4-6,16H2,1-3H3;1H/q+1;/p-1. The first-order valence-corrected chi connectivity index (χ1v) is 7.88. The third-order valence-electron chi connectivity index (χ3n) is 4.41. The van der Waals surface area contributed by atoms with E-state index < -0.39 is 0 Å². The summed E-state index contributed by atoms with van der Waals surface area (Å²) in [6, 6.07) is 18.4. The Hall–Kier alpha value is -1.51. The number of halogens is 1. The normalized spacial score (nSPS) is 10.9. The maximum absolute atomic E-state index is 5.93. The molecular formula is C19H26ClNO. The average molecular weight is 320 g/mol. The SMILES string of the molecule is CC[N+](CC)(CC)Cc1cccc(Oc2ccccc2)c1.[Cl-]. The summed E-state index contributed by atoms with van der Waals surface area (Å²) in [6.07, 6.45) is 0. The average Bonchev–Trinajstić information content (AvgIpc) is 2.54. The minimum Gasteiger partial charge on any atom is -1.00 e. The second kappa shape index (κ2) is 8.82. The maximum atomic E-state index is 5.93. The van der Waals surface area contributed by atoms with Crippen LogP contribution in [0, 0.1) is 0 Å². The highest BCUT2D eigenvalue weighted by Crippen LogP contribution is 2.23. The van der Waals surface area contributed by atoms with Gasteiger partial charge in [-0.15, -0.1) is 0 Å². The van der Waals surface area contributed by atoms with E-state index in [9.17, 15) is 0 Å². The van der Waals surface area contributed by atoms with Crippen molar-refractivity contribution >= 4 is 0 Å². The van der Waals surface area contributed by atoms with Crippen molar-refractivity contribution in [1.29, 1.82) is 0 Å². The molecule has 2 aromatic rings. The molecule has 0 radical (unpaired) electrons. The van der Waals surface area contributed by atoms with E-state index in [2.05, 4.69) is 39.0 Å². The zero-order valence-corrected chi connectivity index (χ0v) is 14.5. The number of quaternary nitrogens is 1. The summed E-state index contributed by atoms with van der Waals surface area (Å²) in [6.45, 7) is 11.4. The second-order valence-corrected chi connectivity index (χ2v) is 5.51. The summed E-state index contributed by atoms with van der Waals surface area (Å²) < 4.78 is 7.05. The minimum absolute atomic E-state index is 0. The quantitative estimate of drug-likeness (QED) is 0.708. The van der Waals surface area contributed by atoms with Gasteiger partial charge in [-0.3, -0.25) is 0 Å². The van der Waals surface area contributed by atoms with E-state index in [0.29, 0.717) is 0 Å². The highest BCUT2D eigenvalue weighted by molar-refractivity contribution is 5.33. The van der Waals surface area contributed by atoms with Gasteiger partial charge in [-0.2, -0.15) is 0 Å². The van der Waals surface area contributed by atoms with E-state index in [0.717, 1.165) is 42.2 Å². The zero-order valence-electron chi connectivity index (χ0n) is 13.8. The zero-order chi connectivity index (χ0) is 15.1. The van der Waals surface area contributed by atoms with E-state index in [1.54, 1.807) is 0 Å². The van der Waals surface area contributed by atoms with Crippen LogP contribution in [-0.2, 0) is 6.54 Å². The molecule has 0 fully saturated rings. The molecule has 22 heavy (non-hydrogen) atoms. The lowest BCUT2D eigenvalue weighted by Crippen LogP contribution is -3.00. The molecule has 0 N–H and O–H groups in total. The molecule has 0 aliphatic heterocycles. The first-order valence-electron chi connectivity index (χ1n) is 7.88. The Morgan fingerprint density at radius 2 is 1.36 bits per heavy atom. The Balaban J connectivity index is 0.00000242. The van der Waals surface area contributed by atoms with Crippen LogP contribution in [0.5, 0.6) is 11.5 Å². The minimum atomic E-state index is 0. The molecule has 0 spiro atoms. The Kier molecular flexibility index (Phi) is 7.43. The van der Waals surface area contributed by atoms with Crippen molar-refractivity contribution in [3.63, 3.8) is 0 Å². The molecule has 0 heterocycles. The first kappa shape index (κ1) is 18.5. The summed E-state index contributed by atoms with van der Waals surface area (Å²) in [5.74, 6) is 1.80. The molecule has 0 aliphatic carbocycles. The van der Waals surface area contributed by atoms with Crippen LogP contribution in [-0.4, -0.2) is 24.1 Å². The molecule has 0 amide bonds. The molecular weight excluding hydrogens is 294 g/mol. The van der Waals surface area contributed by atoms with Crippen molar-refractivity contribution in [3.8, 4) is 11.5 Å². The number of para-hydroxylation sites is 1. The molecule has 2 aromatic carbocycles. The van der Waals surface area contributed by atoms with Gasteiger partial charge in [0.05, 0.1) is 19.6 Å². The van der Waals surface area contributed by atoms with E-state index in [4.69, 9.17) is 4.74 Å². The van der Waals surface area contributed by atoms with Crippen LogP contribution in [0.15, 0.2) is 54.6 Å². The first-order chi connectivity index (χ1) is 10.2. The predicted molar refractivity (Wildman–Crippen MR) is 88.5 cm³/mol. The van der Waals surface area contributed by atoms with Gasteiger partial charge in [0.15, 0.2) is 0 Å². The van der Waals surface area contributed by atoms with Gasteiger partial charge in [-0.25, -0.2) is 0 Å². The number of benzene rings is 2. The summed E-state index contributed by atoms with van der Waals surface area (Å²) >= 11 is 0. The Morgan fingerprint density at radius 3 is 1.95 bits per heavy atom. The Bertz CT molecular complexity index is 544. The largest absolute Gasteiger partial charge is 1.00 e. The van der Waals surface area contributed by atoms with E-state index >= 15 is 0 Å². The number of hydrogen-bond acceptors (Lipinski definition) is 1. The topological polar surface area (TPSA) is 9.23 Å². The maximum Gasteiger partial charge on any atom is 0.127 e. The number of nitrogens with zero attached hydrogens (tertiary/aromatic N) is 1. The fourth-order valence-electron chi connectivity index (χ4n) is 2.73. The van der Waals surface area contributed by atoms with E-state index in [-0.39, 0.29) is 12.4 Å². The molecule has 3 heteroatoms. The highest BCUT2D eigenvalue weighted by atomic mass is 35.5. The molecule has 120 valence electrons. The third kappa shape index (κ3) is 4.75. The number of rotatable bonds is 7. The van der Waals surface area contributed by atoms with Gasteiger partial charge in [0.25, 0.3) is 0 Å². The van der Waals surface area contributed by atoms with E-state index in [1.807, 2.05) is 36.4 Å². The van der Waals surface area contributed by atoms with Gasteiger partial charge >= 0.3 is 0 Å².